The number of ether oxygens (including phenoxy) is 1. The second-order valence-electron chi connectivity index (χ2n) is 9.01. The lowest BCUT2D eigenvalue weighted by Crippen LogP contribution is -2.52. The van der Waals surface area contributed by atoms with Gasteiger partial charge in [-0.25, -0.2) is 4.79 Å². The smallest absolute Gasteiger partial charge is 0.328 e. The maximum absolute atomic E-state index is 12.9. The van der Waals surface area contributed by atoms with Gasteiger partial charge in [0, 0.05) is 6.42 Å². The Morgan fingerprint density at radius 2 is 1.74 bits per heavy atom. The van der Waals surface area contributed by atoms with E-state index in [1.165, 1.54) is 7.11 Å². The van der Waals surface area contributed by atoms with Crippen molar-refractivity contribution in [1.29, 1.82) is 0 Å². The van der Waals surface area contributed by atoms with Crippen molar-refractivity contribution in [3.63, 3.8) is 0 Å². The molecule has 184 valence electrons. The van der Waals surface area contributed by atoms with Crippen LogP contribution in [0, 0.1) is 6.92 Å². The van der Waals surface area contributed by atoms with Crippen LogP contribution in [0.2, 0.25) is 0 Å². The number of hydrogen-bond donors (Lipinski definition) is 4. The van der Waals surface area contributed by atoms with Crippen molar-refractivity contribution in [3.05, 3.63) is 65.2 Å². The number of amides is 1. The molecule has 8 nitrogen and oxygen atoms in total. The van der Waals surface area contributed by atoms with Gasteiger partial charge in [-0.1, -0.05) is 56.3 Å². The van der Waals surface area contributed by atoms with Gasteiger partial charge in [0.2, 0.25) is 5.91 Å². The molecule has 2 rings (SSSR count). The molecule has 0 aliphatic carbocycles. The lowest BCUT2D eigenvalue weighted by Gasteiger charge is -2.27. The maximum Gasteiger partial charge on any atom is 0.328 e. The minimum Gasteiger partial charge on any atom is -0.508 e. The Labute approximate surface area is 200 Å². The van der Waals surface area contributed by atoms with E-state index in [2.05, 4.69) is 10.6 Å². The first-order valence-electron chi connectivity index (χ1n) is 11.2. The van der Waals surface area contributed by atoms with Crippen LogP contribution in [0.3, 0.4) is 0 Å². The summed E-state index contributed by atoms with van der Waals surface area (Å²) in [6, 6.07) is 12.7. The Bertz CT molecular complexity index is 990. The quantitative estimate of drug-likeness (QED) is 0.352. The van der Waals surface area contributed by atoms with Gasteiger partial charge in [0.25, 0.3) is 0 Å². The summed E-state index contributed by atoms with van der Waals surface area (Å²) in [5.41, 5.74) is 2.36. The van der Waals surface area contributed by atoms with Gasteiger partial charge < -0.3 is 25.6 Å². The molecule has 0 saturated heterocycles. The van der Waals surface area contributed by atoms with E-state index in [0.717, 1.165) is 16.7 Å². The Balaban J connectivity index is 2.06. The number of esters is 1. The van der Waals surface area contributed by atoms with E-state index < -0.39 is 36.4 Å². The molecule has 0 aliphatic rings. The molecule has 0 saturated carbocycles. The third-order valence-electron chi connectivity index (χ3n) is 5.90. The van der Waals surface area contributed by atoms with Crippen LogP contribution in [0.1, 0.15) is 43.4 Å². The first-order valence-corrected chi connectivity index (χ1v) is 11.2. The van der Waals surface area contributed by atoms with Gasteiger partial charge >= 0.3 is 11.9 Å². The zero-order chi connectivity index (χ0) is 25.3. The third kappa shape index (κ3) is 7.88. The fourth-order valence-electron chi connectivity index (χ4n) is 3.67. The molecule has 0 unspecified atom stereocenters. The first-order chi connectivity index (χ1) is 16.0. The number of hydrogen-bond acceptors (Lipinski definition) is 6. The van der Waals surface area contributed by atoms with Gasteiger partial charge in [0.1, 0.15) is 11.8 Å². The largest absolute Gasteiger partial charge is 0.508 e. The van der Waals surface area contributed by atoms with E-state index in [-0.39, 0.29) is 17.6 Å². The second-order valence-corrected chi connectivity index (χ2v) is 9.01. The number of phenolic OH excluding ortho intramolecular Hbond substituents is 1. The van der Waals surface area contributed by atoms with Gasteiger partial charge in [-0.3, -0.25) is 9.59 Å². The molecule has 8 heteroatoms. The highest BCUT2D eigenvalue weighted by molar-refractivity contribution is 5.90. The lowest BCUT2D eigenvalue weighted by molar-refractivity contribution is -0.145. The minimum absolute atomic E-state index is 0.228. The summed E-state index contributed by atoms with van der Waals surface area (Å²) in [5, 5.41) is 24.8. The van der Waals surface area contributed by atoms with Crippen LogP contribution in [0.4, 0.5) is 0 Å². The number of carbonyl (C=O) groups is 3. The third-order valence-corrected chi connectivity index (χ3v) is 5.90. The number of aryl methyl sites for hydroxylation is 1. The van der Waals surface area contributed by atoms with E-state index in [0.29, 0.717) is 13.0 Å². The predicted octanol–water partition coefficient (Wildman–Crippen LogP) is 2.70. The summed E-state index contributed by atoms with van der Waals surface area (Å²) in [4.78, 5) is 36.6. The van der Waals surface area contributed by atoms with Gasteiger partial charge in [0.05, 0.1) is 19.6 Å². The monoisotopic (exact) mass is 470 g/mol. The fourth-order valence-corrected chi connectivity index (χ4v) is 3.67. The molecule has 2 aromatic rings. The molecule has 0 fully saturated rings. The number of aromatic hydroxyl groups is 1. The summed E-state index contributed by atoms with van der Waals surface area (Å²) in [6.07, 6.45) is 0.418. The fraction of sp³-hybridized carbons (Fsp3) is 0.423. The lowest BCUT2D eigenvalue weighted by atomic mass is 9.81. The number of benzene rings is 2. The molecular weight excluding hydrogens is 436 g/mol. The van der Waals surface area contributed by atoms with Crippen LogP contribution in [0.25, 0.3) is 0 Å². The van der Waals surface area contributed by atoms with E-state index in [9.17, 15) is 24.6 Å². The highest BCUT2D eigenvalue weighted by atomic mass is 16.5. The summed E-state index contributed by atoms with van der Waals surface area (Å²) in [5.74, 6) is -2.08. The Kier molecular flexibility index (Phi) is 9.62. The number of rotatable bonds is 12. The molecule has 0 heterocycles. The number of carboxylic acid groups (broad SMARTS) is 1. The number of methoxy groups -OCH3 is 1. The van der Waals surface area contributed by atoms with E-state index in [4.69, 9.17) is 4.74 Å². The van der Waals surface area contributed by atoms with E-state index in [1.807, 2.05) is 63.2 Å². The van der Waals surface area contributed by atoms with Crippen molar-refractivity contribution in [1.82, 2.24) is 10.6 Å². The SMILES string of the molecule is COC(=O)[C@H](Cc1ccccc1)NC(=O)[C@@H](CC(=O)O)NCCC(C)(C)c1ccc(O)c(C)c1. The zero-order valence-corrected chi connectivity index (χ0v) is 20.1. The highest BCUT2D eigenvalue weighted by Gasteiger charge is 2.29. The van der Waals surface area contributed by atoms with Crippen molar-refractivity contribution >= 4 is 17.8 Å². The topological polar surface area (TPSA) is 125 Å². The molecular formula is C26H34N2O6. The summed E-state index contributed by atoms with van der Waals surface area (Å²) in [6.45, 7) is 6.28. The molecule has 2 aromatic carbocycles. The Morgan fingerprint density at radius 1 is 1.06 bits per heavy atom. The Morgan fingerprint density at radius 3 is 2.32 bits per heavy atom. The highest BCUT2D eigenvalue weighted by Crippen LogP contribution is 2.30. The standard InChI is InChI=1S/C26H34N2O6/c1-17-14-19(10-11-22(17)29)26(2,3)12-13-27-20(16-23(30)31)24(32)28-21(25(33)34-4)15-18-8-6-5-7-9-18/h5-11,14,20-21,27,29H,12-13,15-16H2,1-4H3,(H,28,32)(H,30,31)/t20-,21+/m1/s1. The normalized spacial score (nSPS) is 13.1. The van der Waals surface area contributed by atoms with Crippen molar-refractivity contribution in [2.45, 2.75) is 57.5 Å². The van der Waals surface area contributed by atoms with E-state index >= 15 is 0 Å². The van der Waals surface area contributed by atoms with Crippen molar-refractivity contribution in [2.75, 3.05) is 13.7 Å². The molecule has 34 heavy (non-hydrogen) atoms. The second kappa shape index (κ2) is 12.2. The maximum atomic E-state index is 12.9. The average molecular weight is 471 g/mol. The van der Waals surface area contributed by atoms with Crippen LogP contribution in [0.5, 0.6) is 5.75 Å². The van der Waals surface area contributed by atoms with Crippen LogP contribution < -0.4 is 10.6 Å². The predicted molar refractivity (Wildman–Crippen MR) is 129 cm³/mol. The molecule has 0 aliphatic heterocycles. The summed E-state index contributed by atoms with van der Waals surface area (Å²) in [7, 11) is 1.24. The molecule has 0 bridgehead atoms. The summed E-state index contributed by atoms with van der Waals surface area (Å²) >= 11 is 0. The van der Waals surface area contributed by atoms with Gasteiger partial charge in [0.15, 0.2) is 0 Å². The van der Waals surface area contributed by atoms with Crippen LogP contribution in [-0.4, -0.2) is 53.8 Å². The van der Waals surface area contributed by atoms with E-state index in [1.54, 1.807) is 6.07 Å². The number of aliphatic carboxylic acids is 1. The zero-order valence-electron chi connectivity index (χ0n) is 20.1. The Hall–Kier alpha value is -3.39. The number of phenols is 1. The number of carboxylic acids is 1. The molecule has 0 spiro atoms. The number of nitrogens with one attached hydrogen (secondary N) is 2. The van der Waals surface area contributed by atoms with Crippen molar-refractivity contribution < 1.29 is 29.3 Å². The first kappa shape index (κ1) is 26.9. The van der Waals surface area contributed by atoms with Crippen molar-refractivity contribution in [3.8, 4) is 5.75 Å². The van der Waals surface area contributed by atoms with Gasteiger partial charge in [-0.05, 0) is 48.1 Å². The van der Waals surface area contributed by atoms with Gasteiger partial charge in [-0.2, -0.15) is 0 Å². The van der Waals surface area contributed by atoms with Crippen LogP contribution in [0.15, 0.2) is 48.5 Å². The number of carbonyl (C=O) groups excluding carboxylic acids is 2. The molecule has 0 radical (unpaired) electrons. The molecule has 4 N–H and O–H groups in total. The minimum atomic E-state index is -1.13. The summed E-state index contributed by atoms with van der Waals surface area (Å²) < 4.78 is 4.83. The van der Waals surface area contributed by atoms with Crippen molar-refractivity contribution in [2.24, 2.45) is 0 Å². The van der Waals surface area contributed by atoms with Gasteiger partial charge in [-0.15, -0.1) is 0 Å². The molecule has 0 aromatic heterocycles. The van der Waals surface area contributed by atoms with Crippen LogP contribution >= 0.6 is 0 Å². The molecule has 1 amide bonds. The molecule has 2 atom stereocenters. The van der Waals surface area contributed by atoms with Crippen LogP contribution in [-0.2, 0) is 31.0 Å². The average Bonchev–Trinajstić information content (AvgIpc) is 2.79.